The van der Waals surface area contributed by atoms with Gasteiger partial charge in [-0.25, -0.2) is 4.98 Å². The molecule has 0 aliphatic heterocycles. The van der Waals surface area contributed by atoms with Crippen molar-refractivity contribution in [1.82, 2.24) is 4.98 Å². The van der Waals surface area contributed by atoms with Gasteiger partial charge in [0.1, 0.15) is 5.52 Å². The minimum absolute atomic E-state index is 0.166. The van der Waals surface area contributed by atoms with Gasteiger partial charge in [0, 0.05) is 5.56 Å². The van der Waals surface area contributed by atoms with E-state index >= 15 is 0 Å². The number of aromatic nitrogens is 1. The zero-order chi connectivity index (χ0) is 14.1. The van der Waals surface area contributed by atoms with Crippen molar-refractivity contribution >= 4 is 38.3 Å². The predicted octanol–water partition coefficient (Wildman–Crippen LogP) is 3.44. The van der Waals surface area contributed by atoms with Crippen LogP contribution in [0.3, 0.4) is 0 Å². The summed E-state index contributed by atoms with van der Waals surface area (Å²) >= 11 is 1.44. The molecule has 0 atom stereocenters. The zero-order valence-electron chi connectivity index (χ0n) is 10.9. The van der Waals surface area contributed by atoms with Crippen molar-refractivity contribution < 1.29 is 4.79 Å². The Hall–Kier alpha value is -2.40. The van der Waals surface area contributed by atoms with Gasteiger partial charge in [0.25, 0.3) is 5.91 Å². The maximum atomic E-state index is 12.1. The molecule has 1 heterocycles. The lowest BCUT2D eigenvalue weighted by atomic mass is 10.2. The van der Waals surface area contributed by atoms with E-state index in [1.807, 2.05) is 37.3 Å². The lowest BCUT2D eigenvalue weighted by Gasteiger charge is -2.00. The van der Waals surface area contributed by atoms with Crippen molar-refractivity contribution in [2.24, 2.45) is 0 Å². The third-order valence-electron chi connectivity index (χ3n) is 3.03. The largest absolute Gasteiger partial charge is 0.397 e. The minimum atomic E-state index is -0.166. The monoisotopic (exact) mass is 283 g/mol. The number of thiazole rings is 1. The summed E-state index contributed by atoms with van der Waals surface area (Å²) < 4.78 is 1.01. The highest BCUT2D eigenvalue weighted by molar-refractivity contribution is 7.22. The highest BCUT2D eigenvalue weighted by Crippen LogP contribution is 2.32. The highest BCUT2D eigenvalue weighted by atomic mass is 32.1. The van der Waals surface area contributed by atoms with Crippen LogP contribution in [0.15, 0.2) is 42.5 Å². The molecule has 4 nitrogen and oxygen atoms in total. The number of anilines is 2. The molecule has 2 aromatic carbocycles. The second-order valence-electron chi connectivity index (χ2n) is 4.49. The highest BCUT2D eigenvalue weighted by Gasteiger charge is 2.12. The van der Waals surface area contributed by atoms with E-state index in [4.69, 9.17) is 5.73 Å². The Morgan fingerprint density at radius 1 is 1.20 bits per heavy atom. The first kappa shape index (κ1) is 12.6. The van der Waals surface area contributed by atoms with Crippen molar-refractivity contribution in [3.63, 3.8) is 0 Å². The first-order valence-electron chi connectivity index (χ1n) is 6.17. The van der Waals surface area contributed by atoms with Crippen molar-refractivity contribution in [3.05, 3.63) is 53.6 Å². The maximum Gasteiger partial charge on any atom is 0.257 e. The molecule has 3 aromatic rings. The minimum Gasteiger partial charge on any atom is -0.397 e. The van der Waals surface area contributed by atoms with E-state index in [2.05, 4.69) is 10.3 Å². The summed E-state index contributed by atoms with van der Waals surface area (Å²) in [5, 5.41) is 3.38. The fourth-order valence-electron chi connectivity index (χ4n) is 1.96. The zero-order valence-corrected chi connectivity index (χ0v) is 11.7. The summed E-state index contributed by atoms with van der Waals surface area (Å²) in [6.07, 6.45) is 0. The van der Waals surface area contributed by atoms with Crippen LogP contribution < -0.4 is 11.1 Å². The Bertz CT molecular complexity index is 741. The van der Waals surface area contributed by atoms with Gasteiger partial charge in [0.2, 0.25) is 0 Å². The van der Waals surface area contributed by atoms with Crippen LogP contribution >= 0.6 is 11.3 Å². The van der Waals surface area contributed by atoms with E-state index in [0.717, 1.165) is 15.8 Å². The number of carbonyl (C=O) groups is 1. The fraction of sp³-hybridized carbons (Fsp3) is 0.0667. The number of fused-ring (bicyclic) bond motifs is 1. The molecule has 0 bridgehead atoms. The number of carbonyl (C=O) groups excluding carboxylic acids is 1. The van der Waals surface area contributed by atoms with Crippen LogP contribution in [0.2, 0.25) is 0 Å². The van der Waals surface area contributed by atoms with Gasteiger partial charge < -0.3 is 5.73 Å². The van der Waals surface area contributed by atoms with Gasteiger partial charge >= 0.3 is 0 Å². The van der Waals surface area contributed by atoms with Crippen LogP contribution in [-0.2, 0) is 0 Å². The topological polar surface area (TPSA) is 68.0 Å². The number of benzene rings is 2. The molecule has 0 fully saturated rings. The molecule has 20 heavy (non-hydrogen) atoms. The van der Waals surface area contributed by atoms with Crippen LogP contribution in [0.25, 0.3) is 10.2 Å². The fourth-order valence-corrected chi connectivity index (χ4v) is 2.93. The van der Waals surface area contributed by atoms with E-state index in [1.54, 1.807) is 12.1 Å². The summed E-state index contributed by atoms with van der Waals surface area (Å²) in [7, 11) is 0. The summed E-state index contributed by atoms with van der Waals surface area (Å²) in [6.45, 7) is 2.00. The van der Waals surface area contributed by atoms with E-state index < -0.39 is 0 Å². The Kier molecular flexibility index (Phi) is 3.12. The number of nitrogen functional groups attached to an aromatic ring is 1. The van der Waals surface area contributed by atoms with E-state index in [9.17, 15) is 4.79 Å². The first-order valence-corrected chi connectivity index (χ1v) is 6.99. The van der Waals surface area contributed by atoms with Crippen molar-refractivity contribution in [1.29, 1.82) is 0 Å². The lowest BCUT2D eigenvalue weighted by Crippen LogP contribution is -2.11. The van der Waals surface area contributed by atoms with Gasteiger partial charge in [-0.15, -0.1) is 0 Å². The van der Waals surface area contributed by atoms with Crippen LogP contribution in [0.1, 0.15) is 15.9 Å². The summed E-state index contributed by atoms with van der Waals surface area (Å²) in [5.74, 6) is -0.166. The quantitative estimate of drug-likeness (QED) is 0.708. The Morgan fingerprint density at radius 2 is 1.95 bits per heavy atom. The van der Waals surface area contributed by atoms with Crippen molar-refractivity contribution in [2.45, 2.75) is 6.92 Å². The van der Waals surface area contributed by atoms with Crippen LogP contribution in [-0.4, -0.2) is 10.9 Å². The molecule has 1 aromatic heterocycles. The van der Waals surface area contributed by atoms with E-state index in [1.165, 1.54) is 11.3 Å². The Morgan fingerprint density at radius 3 is 2.65 bits per heavy atom. The molecule has 0 radical (unpaired) electrons. The molecule has 3 rings (SSSR count). The molecule has 0 saturated carbocycles. The number of hydrogen-bond acceptors (Lipinski definition) is 4. The maximum absolute atomic E-state index is 12.1. The van der Waals surface area contributed by atoms with Crippen molar-refractivity contribution in [2.75, 3.05) is 11.1 Å². The number of amides is 1. The Labute approximate surface area is 120 Å². The normalized spacial score (nSPS) is 10.7. The summed E-state index contributed by atoms with van der Waals surface area (Å²) in [6, 6.07) is 12.9. The molecule has 1 amide bonds. The standard InChI is InChI=1S/C15H13N3OS/c1-9-7-8-11(16)12-13(9)20-15(17-12)18-14(19)10-5-3-2-4-6-10/h2-8H,16H2,1H3,(H,17,18,19). The van der Waals surface area contributed by atoms with Crippen molar-refractivity contribution in [3.8, 4) is 0 Å². The lowest BCUT2D eigenvalue weighted by molar-refractivity contribution is 0.102. The molecule has 0 unspecified atom stereocenters. The Balaban J connectivity index is 1.94. The third-order valence-corrected chi connectivity index (χ3v) is 4.13. The molecule has 5 heteroatoms. The third kappa shape index (κ3) is 2.23. The molecule has 3 N–H and O–H groups in total. The van der Waals surface area contributed by atoms with Crippen LogP contribution in [0.5, 0.6) is 0 Å². The average molecular weight is 283 g/mol. The average Bonchev–Trinajstić information content (AvgIpc) is 2.89. The smallest absolute Gasteiger partial charge is 0.257 e. The second-order valence-corrected chi connectivity index (χ2v) is 5.49. The molecule has 0 saturated heterocycles. The SMILES string of the molecule is Cc1ccc(N)c2nc(NC(=O)c3ccccc3)sc12. The molecule has 0 aliphatic carbocycles. The number of nitrogens with one attached hydrogen (secondary N) is 1. The van der Waals surface area contributed by atoms with Gasteiger partial charge in [-0.1, -0.05) is 35.6 Å². The van der Waals surface area contributed by atoms with Gasteiger partial charge in [0.05, 0.1) is 10.4 Å². The summed E-state index contributed by atoms with van der Waals surface area (Å²) in [5.41, 5.74) is 9.00. The molecular formula is C15H13N3OS. The molecular weight excluding hydrogens is 270 g/mol. The first-order chi connectivity index (χ1) is 9.65. The number of rotatable bonds is 2. The van der Waals surface area contributed by atoms with E-state index in [-0.39, 0.29) is 5.91 Å². The molecule has 0 aliphatic rings. The van der Waals surface area contributed by atoms with Gasteiger partial charge in [-0.2, -0.15) is 0 Å². The predicted molar refractivity (Wildman–Crippen MR) is 83.2 cm³/mol. The number of nitrogens with two attached hydrogens (primary N) is 1. The van der Waals surface area contributed by atoms with Crippen LogP contribution in [0.4, 0.5) is 10.8 Å². The number of nitrogens with zero attached hydrogens (tertiary/aromatic N) is 1. The molecule has 100 valence electrons. The van der Waals surface area contributed by atoms with Gasteiger partial charge in [-0.05, 0) is 30.7 Å². The van der Waals surface area contributed by atoms with Gasteiger partial charge in [0.15, 0.2) is 5.13 Å². The van der Waals surface area contributed by atoms with E-state index in [0.29, 0.717) is 16.4 Å². The second kappa shape index (κ2) is 4.94. The molecule has 0 spiro atoms. The summed E-state index contributed by atoms with van der Waals surface area (Å²) in [4.78, 5) is 16.5. The number of hydrogen-bond donors (Lipinski definition) is 2. The van der Waals surface area contributed by atoms with Gasteiger partial charge in [-0.3, -0.25) is 10.1 Å². The van der Waals surface area contributed by atoms with Crippen LogP contribution in [0, 0.1) is 6.92 Å². The number of aryl methyl sites for hydroxylation is 1.